The van der Waals surface area contributed by atoms with Crippen molar-refractivity contribution in [1.29, 1.82) is 0 Å². The van der Waals surface area contributed by atoms with E-state index >= 15 is 0 Å². The van der Waals surface area contributed by atoms with Crippen molar-refractivity contribution in [3.63, 3.8) is 0 Å². The van der Waals surface area contributed by atoms with Gasteiger partial charge in [0, 0.05) is 18.7 Å². The molecule has 0 radical (unpaired) electrons. The average Bonchev–Trinajstić information content (AvgIpc) is 3.07. The van der Waals surface area contributed by atoms with Crippen molar-refractivity contribution < 1.29 is 0 Å². The second kappa shape index (κ2) is 14.7. The molecule has 0 bridgehead atoms. The Labute approximate surface area is 273 Å². The van der Waals surface area contributed by atoms with Gasteiger partial charge < -0.3 is 16.4 Å². The van der Waals surface area contributed by atoms with E-state index in [1.165, 1.54) is 0 Å². The quantitative estimate of drug-likeness (QED) is 0.0369. The van der Waals surface area contributed by atoms with Crippen LogP contribution in [0.1, 0.15) is 49.9 Å². The van der Waals surface area contributed by atoms with E-state index in [1.54, 1.807) is 0 Å². The lowest BCUT2D eigenvalue weighted by Gasteiger charge is -2.30. The van der Waals surface area contributed by atoms with Gasteiger partial charge in [0.15, 0.2) is 11.4 Å². The maximum Gasteiger partial charge on any atom is 0.159 e. The van der Waals surface area contributed by atoms with E-state index in [2.05, 4.69) is 91.5 Å². The smallest absolute Gasteiger partial charge is 0.159 e. The summed E-state index contributed by atoms with van der Waals surface area (Å²) in [6.07, 6.45) is 0. The predicted molar refractivity (Wildman–Crippen MR) is 193 cm³/mol. The topological polar surface area (TPSA) is 92.4 Å². The molecule has 0 atom stereocenters. The summed E-state index contributed by atoms with van der Waals surface area (Å²) in [6, 6.07) is 44.7. The number of amidine groups is 1. The highest BCUT2D eigenvalue weighted by atomic mass is 15.4. The molecule has 0 spiro atoms. The fourth-order valence-electron chi connectivity index (χ4n) is 6.02. The Morgan fingerprint density at radius 1 is 0.652 bits per heavy atom. The third-order valence-corrected chi connectivity index (χ3v) is 7.98. The van der Waals surface area contributed by atoms with Gasteiger partial charge in [0.2, 0.25) is 0 Å². The van der Waals surface area contributed by atoms with Gasteiger partial charge in [-0.05, 0) is 57.0 Å². The van der Waals surface area contributed by atoms with Crippen LogP contribution in [0, 0.1) is 11.8 Å². The van der Waals surface area contributed by atoms with Gasteiger partial charge in [-0.2, -0.15) is 0 Å². The molecule has 6 nitrogen and oxygen atoms in total. The number of nitrogens with zero attached hydrogens (tertiary/aromatic N) is 4. The van der Waals surface area contributed by atoms with Crippen molar-refractivity contribution in [3.05, 3.63) is 156 Å². The first kappa shape index (κ1) is 32.2. The molecular weight excluding hydrogens is 564 g/mol. The van der Waals surface area contributed by atoms with E-state index in [-0.39, 0.29) is 5.84 Å². The fourth-order valence-corrected chi connectivity index (χ4v) is 6.02. The Morgan fingerprint density at radius 2 is 1.13 bits per heavy atom. The van der Waals surface area contributed by atoms with Crippen molar-refractivity contribution in [2.45, 2.75) is 33.2 Å². The Hall–Kier alpha value is -5.23. The molecule has 5 aromatic rings. The van der Waals surface area contributed by atoms with Gasteiger partial charge in [-0.25, -0.2) is 0 Å². The van der Waals surface area contributed by atoms with Crippen LogP contribution in [-0.2, 0) is 5.54 Å². The number of hydrogen-bond acceptors (Lipinski definition) is 4. The second-order valence-corrected chi connectivity index (χ2v) is 12.5. The SMILES string of the molecule is CC(C)CN(CC(C)C)c1ccc(-c2ccccc2C(N)=NN=NC(c2ccccc2)(c2ccccc2)c2ccccc2)cc1N. The van der Waals surface area contributed by atoms with Gasteiger partial charge in [0.25, 0.3) is 0 Å². The highest BCUT2D eigenvalue weighted by molar-refractivity contribution is 6.03. The standard InChI is InChI=1S/C40H44N6/c1-29(2)27-46(28-30(3)4)38-25-24-31(26-37(38)41)35-22-14-15-23-36(35)39(42)43-45-44-40(32-16-8-5-9-17-32,33-18-10-6-11-19-33)34-20-12-7-13-21-34/h5-26,29-30H,27-28,41H2,1-4H3,(H2,42,43,44). The lowest BCUT2D eigenvalue weighted by Crippen LogP contribution is -2.31. The molecule has 4 N–H and O–H groups in total. The average molecular weight is 609 g/mol. The summed E-state index contributed by atoms with van der Waals surface area (Å²) in [5.41, 5.74) is 19.8. The first-order chi connectivity index (χ1) is 22.3. The van der Waals surface area contributed by atoms with Gasteiger partial charge in [0.1, 0.15) is 0 Å². The monoisotopic (exact) mass is 608 g/mol. The van der Waals surface area contributed by atoms with Crippen LogP contribution in [0.25, 0.3) is 11.1 Å². The van der Waals surface area contributed by atoms with Gasteiger partial charge in [-0.3, -0.25) is 0 Å². The Balaban J connectivity index is 1.55. The Morgan fingerprint density at radius 3 is 1.61 bits per heavy atom. The molecule has 0 saturated carbocycles. The first-order valence-corrected chi connectivity index (χ1v) is 16.0. The summed E-state index contributed by atoms with van der Waals surface area (Å²) in [5.74, 6) is 1.31. The third kappa shape index (κ3) is 7.18. The number of nitrogen functional groups attached to an aromatic ring is 1. The van der Waals surface area contributed by atoms with Crippen molar-refractivity contribution in [2.24, 2.45) is 33.0 Å². The lowest BCUT2D eigenvalue weighted by atomic mass is 9.78. The second-order valence-electron chi connectivity index (χ2n) is 12.5. The number of nitrogens with two attached hydrogens (primary N) is 2. The van der Waals surface area contributed by atoms with E-state index in [0.29, 0.717) is 11.8 Å². The molecule has 5 aromatic carbocycles. The van der Waals surface area contributed by atoms with E-state index in [9.17, 15) is 0 Å². The van der Waals surface area contributed by atoms with Crippen LogP contribution in [0.2, 0.25) is 0 Å². The maximum atomic E-state index is 6.69. The largest absolute Gasteiger partial charge is 0.397 e. The zero-order valence-corrected chi connectivity index (χ0v) is 27.2. The van der Waals surface area contributed by atoms with Crippen molar-refractivity contribution in [3.8, 4) is 11.1 Å². The zero-order valence-electron chi connectivity index (χ0n) is 27.2. The molecular formula is C40H44N6. The molecule has 5 rings (SSSR count). The van der Waals surface area contributed by atoms with E-state index in [0.717, 1.165) is 57.8 Å². The van der Waals surface area contributed by atoms with Crippen LogP contribution < -0.4 is 16.4 Å². The van der Waals surface area contributed by atoms with Gasteiger partial charge in [-0.15, -0.1) is 10.2 Å². The van der Waals surface area contributed by atoms with Crippen LogP contribution in [-0.4, -0.2) is 18.9 Å². The predicted octanol–water partition coefficient (Wildman–Crippen LogP) is 9.12. The highest BCUT2D eigenvalue weighted by Gasteiger charge is 2.37. The molecule has 0 unspecified atom stereocenters. The summed E-state index contributed by atoms with van der Waals surface area (Å²) in [7, 11) is 0. The van der Waals surface area contributed by atoms with Crippen LogP contribution in [0.3, 0.4) is 0 Å². The number of anilines is 2. The van der Waals surface area contributed by atoms with Crippen LogP contribution in [0.4, 0.5) is 11.4 Å². The van der Waals surface area contributed by atoms with Crippen LogP contribution in [0.15, 0.2) is 149 Å². The Bertz CT molecular complexity index is 1660. The van der Waals surface area contributed by atoms with Crippen LogP contribution in [0.5, 0.6) is 0 Å². The highest BCUT2D eigenvalue weighted by Crippen LogP contribution is 2.41. The molecule has 0 aromatic heterocycles. The molecule has 6 heteroatoms. The van der Waals surface area contributed by atoms with E-state index < -0.39 is 5.54 Å². The van der Waals surface area contributed by atoms with Gasteiger partial charge in [-0.1, -0.05) is 149 Å². The van der Waals surface area contributed by atoms with Crippen molar-refractivity contribution >= 4 is 17.2 Å². The Kier molecular flexibility index (Phi) is 10.3. The molecule has 234 valence electrons. The number of hydrogen-bond donors (Lipinski definition) is 2. The summed E-state index contributed by atoms with van der Waals surface area (Å²) >= 11 is 0. The summed E-state index contributed by atoms with van der Waals surface area (Å²) in [5, 5.41) is 13.9. The molecule has 46 heavy (non-hydrogen) atoms. The van der Waals surface area contributed by atoms with Gasteiger partial charge >= 0.3 is 0 Å². The molecule has 0 fully saturated rings. The molecule has 0 aliphatic carbocycles. The van der Waals surface area contributed by atoms with Crippen molar-refractivity contribution in [1.82, 2.24) is 0 Å². The number of rotatable bonds is 12. The summed E-state index contributed by atoms with van der Waals surface area (Å²) < 4.78 is 0. The molecule has 0 saturated heterocycles. The molecule has 0 aliphatic rings. The fraction of sp³-hybridized carbons (Fsp3) is 0.225. The van der Waals surface area contributed by atoms with Crippen LogP contribution >= 0.6 is 0 Å². The molecule has 0 amide bonds. The minimum atomic E-state index is -0.921. The maximum absolute atomic E-state index is 6.69. The molecule has 0 heterocycles. The minimum Gasteiger partial charge on any atom is -0.397 e. The summed E-state index contributed by atoms with van der Waals surface area (Å²) in [4.78, 5) is 2.38. The van der Waals surface area contributed by atoms with E-state index in [1.807, 2.05) is 84.9 Å². The minimum absolute atomic E-state index is 0.270. The third-order valence-electron chi connectivity index (χ3n) is 7.98. The molecule has 0 aliphatic heterocycles. The van der Waals surface area contributed by atoms with Crippen molar-refractivity contribution in [2.75, 3.05) is 23.7 Å². The van der Waals surface area contributed by atoms with Gasteiger partial charge in [0.05, 0.1) is 11.4 Å². The zero-order chi connectivity index (χ0) is 32.5. The summed E-state index contributed by atoms with van der Waals surface area (Å²) in [6.45, 7) is 10.8. The number of benzene rings is 5. The normalized spacial score (nSPS) is 12.3. The van der Waals surface area contributed by atoms with E-state index in [4.69, 9.17) is 16.6 Å². The first-order valence-electron chi connectivity index (χ1n) is 16.0. The lowest BCUT2D eigenvalue weighted by molar-refractivity contribution is 0.553.